The molecule has 3 heterocycles. The van der Waals surface area contributed by atoms with E-state index in [-0.39, 0.29) is 24.0 Å². The highest BCUT2D eigenvalue weighted by molar-refractivity contribution is 7.17. The highest BCUT2D eigenvalue weighted by atomic mass is 32.1. The molecule has 3 aromatic rings. The van der Waals surface area contributed by atoms with Crippen molar-refractivity contribution >= 4 is 39.2 Å². The number of thiazole rings is 1. The Kier molecular flexibility index (Phi) is 6.98. The fourth-order valence-electron chi connectivity index (χ4n) is 4.79. The number of carbonyl (C=O) groups excluding carboxylic acids is 2. The largest absolute Gasteiger partial charge is 0.489 e. The molecule has 37 heavy (non-hydrogen) atoms. The lowest BCUT2D eigenvalue weighted by atomic mass is 10.0. The fraction of sp³-hybridized carbons (Fsp3) is 0.464. The summed E-state index contributed by atoms with van der Waals surface area (Å²) in [6, 6.07) is 12.7. The van der Waals surface area contributed by atoms with Crippen LogP contribution in [-0.2, 0) is 9.53 Å². The third kappa shape index (κ3) is 5.82. The van der Waals surface area contributed by atoms with E-state index in [1.807, 2.05) is 33.2 Å². The molecular weight excluding hydrogens is 488 g/mol. The smallest absolute Gasteiger partial charge is 0.410 e. The molecule has 0 bridgehead atoms. The number of carbonyl (C=O) groups is 2. The summed E-state index contributed by atoms with van der Waals surface area (Å²) in [5.74, 6) is 1.06. The van der Waals surface area contributed by atoms with Crippen LogP contribution < -0.4 is 15.0 Å². The van der Waals surface area contributed by atoms with Gasteiger partial charge < -0.3 is 24.6 Å². The lowest BCUT2D eigenvalue weighted by Crippen LogP contribution is -2.50. The average molecular weight is 523 g/mol. The number of nitrogens with zero attached hydrogens (tertiary/aromatic N) is 3. The number of amides is 2. The Morgan fingerprint density at radius 3 is 2.49 bits per heavy atom. The van der Waals surface area contributed by atoms with Crippen LogP contribution in [-0.4, -0.2) is 66.3 Å². The number of nitrogens with one attached hydrogen (secondary N) is 1. The molecular formula is C28H34N4O4S. The van der Waals surface area contributed by atoms with Crippen molar-refractivity contribution in [2.24, 2.45) is 5.92 Å². The van der Waals surface area contributed by atoms with Gasteiger partial charge in [-0.1, -0.05) is 12.1 Å². The molecule has 0 aliphatic carbocycles. The zero-order valence-corrected chi connectivity index (χ0v) is 22.6. The number of benzene rings is 2. The fourth-order valence-corrected chi connectivity index (χ4v) is 5.51. The Morgan fingerprint density at radius 1 is 1.11 bits per heavy atom. The summed E-state index contributed by atoms with van der Waals surface area (Å²) in [5.41, 5.74) is 5.52. The normalized spacial score (nSPS) is 19.1. The lowest BCUT2D eigenvalue weighted by Gasteiger charge is -2.36. The molecule has 2 aliphatic rings. The molecule has 0 unspecified atom stereocenters. The first kappa shape index (κ1) is 25.3. The van der Waals surface area contributed by atoms with Gasteiger partial charge in [0.05, 0.1) is 15.7 Å². The van der Waals surface area contributed by atoms with Crippen molar-refractivity contribution in [2.45, 2.75) is 45.8 Å². The first-order valence-electron chi connectivity index (χ1n) is 12.8. The third-order valence-corrected chi connectivity index (χ3v) is 7.74. The molecule has 0 radical (unpaired) electrons. The first-order chi connectivity index (χ1) is 17.7. The molecule has 2 saturated heterocycles. The minimum Gasteiger partial charge on any atom is -0.489 e. The molecule has 9 heteroatoms. The van der Waals surface area contributed by atoms with Crippen LogP contribution in [0.2, 0.25) is 0 Å². The number of aromatic nitrogens is 1. The predicted molar refractivity (Wildman–Crippen MR) is 146 cm³/mol. The topological polar surface area (TPSA) is 84.0 Å². The summed E-state index contributed by atoms with van der Waals surface area (Å²) in [6.45, 7) is 11.1. The van der Waals surface area contributed by atoms with Crippen molar-refractivity contribution in [3.8, 4) is 16.9 Å². The van der Waals surface area contributed by atoms with E-state index in [0.717, 1.165) is 45.9 Å². The molecule has 1 N–H and O–H groups in total. The van der Waals surface area contributed by atoms with Gasteiger partial charge in [-0.15, -0.1) is 11.3 Å². The van der Waals surface area contributed by atoms with E-state index < -0.39 is 5.60 Å². The van der Waals surface area contributed by atoms with E-state index in [1.165, 1.54) is 0 Å². The van der Waals surface area contributed by atoms with Crippen molar-refractivity contribution in [2.75, 3.05) is 37.6 Å². The van der Waals surface area contributed by atoms with Crippen molar-refractivity contribution in [3.05, 3.63) is 41.9 Å². The van der Waals surface area contributed by atoms with Crippen molar-refractivity contribution in [1.82, 2.24) is 15.2 Å². The number of anilines is 1. The molecule has 2 fully saturated rings. The monoisotopic (exact) mass is 522 g/mol. The van der Waals surface area contributed by atoms with Gasteiger partial charge in [-0.25, -0.2) is 9.78 Å². The van der Waals surface area contributed by atoms with E-state index in [1.54, 1.807) is 16.2 Å². The van der Waals surface area contributed by atoms with Gasteiger partial charge in [0.15, 0.2) is 0 Å². The van der Waals surface area contributed by atoms with Gasteiger partial charge in [0, 0.05) is 50.7 Å². The van der Waals surface area contributed by atoms with Crippen LogP contribution in [0.1, 0.15) is 34.1 Å². The third-order valence-electron chi connectivity index (χ3n) is 6.88. The average Bonchev–Trinajstić information content (AvgIpc) is 3.52. The number of piperazine rings is 1. The number of rotatable bonds is 5. The van der Waals surface area contributed by atoms with Crippen LogP contribution in [0.5, 0.6) is 5.75 Å². The number of hydrogen-bond acceptors (Lipinski definition) is 7. The predicted octanol–water partition coefficient (Wildman–Crippen LogP) is 4.92. The number of ether oxygens (including phenoxy) is 2. The van der Waals surface area contributed by atoms with Crippen LogP contribution in [0, 0.1) is 5.92 Å². The Hall–Kier alpha value is -3.33. The van der Waals surface area contributed by atoms with Gasteiger partial charge in [-0.2, -0.15) is 0 Å². The van der Waals surface area contributed by atoms with Crippen LogP contribution in [0.15, 0.2) is 41.9 Å². The van der Waals surface area contributed by atoms with Crippen LogP contribution in [0.4, 0.5) is 10.5 Å². The molecule has 2 atom stereocenters. The Morgan fingerprint density at radius 2 is 1.84 bits per heavy atom. The molecule has 5 rings (SSSR count). The second kappa shape index (κ2) is 10.2. The van der Waals surface area contributed by atoms with Crippen molar-refractivity contribution < 1.29 is 19.1 Å². The second-order valence-corrected chi connectivity index (χ2v) is 11.6. The van der Waals surface area contributed by atoms with E-state index in [2.05, 4.69) is 51.6 Å². The van der Waals surface area contributed by atoms with E-state index in [0.29, 0.717) is 26.1 Å². The molecule has 1 aromatic heterocycles. The van der Waals surface area contributed by atoms with Crippen molar-refractivity contribution in [3.63, 3.8) is 0 Å². The van der Waals surface area contributed by atoms with Crippen LogP contribution in [0.3, 0.4) is 0 Å². The van der Waals surface area contributed by atoms with Crippen LogP contribution in [0.25, 0.3) is 21.3 Å². The highest BCUT2D eigenvalue weighted by Gasteiger charge is 2.29. The Labute approximate surface area is 221 Å². The highest BCUT2D eigenvalue weighted by Crippen LogP contribution is 2.36. The van der Waals surface area contributed by atoms with E-state index >= 15 is 0 Å². The standard InChI is InChI=1S/C28H34N4O4S/c1-18(21-15-25(33)29-16-21)35-24-14-20(13-23-26(24)37-17-30-23)19-5-7-22(8-6-19)31-9-11-32(12-10-31)27(34)36-28(2,3)4/h5-8,13-14,17-18,21H,9-12,15-16H2,1-4H3,(H,29,33)/t18-,21-/m0/s1. The molecule has 2 amide bonds. The summed E-state index contributed by atoms with van der Waals surface area (Å²) in [7, 11) is 0. The summed E-state index contributed by atoms with van der Waals surface area (Å²) in [4.78, 5) is 32.6. The van der Waals surface area contributed by atoms with Crippen molar-refractivity contribution in [1.29, 1.82) is 0 Å². The maximum Gasteiger partial charge on any atom is 0.410 e. The molecule has 8 nitrogen and oxygen atoms in total. The lowest BCUT2D eigenvalue weighted by molar-refractivity contribution is -0.119. The molecule has 196 valence electrons. The minimum atomic E-state index is -0.485. The summed E-state index contributed by atoms with van der Waals surface area (Å²) in [6.07, 6.45) is 0.171. The maximum atomic E-state index is 12.4. The molecule has 0 spiro atoms. The minimum absolute atomic E-state index is 0.0822. The molecule has 0 saturated carbocycles. The zero-order chi connectivity index (χ0) is 26.2. The van der Waals surface area contributed by atoms with Gasteiger partial charge in [0.1, 0.15) is 17.5 Å². The maximum absolute atomic E-state index is 12.4. The Bertz CT molecular complexity index is 1280. The Balaban J connectivity index is 1.28. The van der Waals surface area contributed by atoms with Gasteiger partial charge in [-0.05, 0) is 63.1 Å². The van der Waals surface area contributed by atoms with Gasteiger partial charge >= 0.3 is 6.09 Å². The number of fused-ring (bicyclic) bond motifs is 1. The first-order valence-corrected chi connectivity index (χ1v) is 13.7. The number of hydrogen-bond donors (Lipinski definition) is 1. The van der Waals surface area contributed by atoms with Gasteiger partial charge in [-0.3, -0.25) is 4.79 Å². The summed E-state index contributed by atoms with van der Waals surface area (Å²) in [5, 5.41) is 2.90. The molecule has 2 aliphatic heterocycles. The quantitative estimate of drug-likeness (QED) is 0.512. The van der Waals surface area contributed by atoms with Crippen LogP contribution >= 0.6 is 11.3 Å². The molecule has 2 aromatic carbocycles. The van der Waals surface area contributed by atoms with E-state index in [4.69, 9.17) is 9.47 Å². The summed E-state index contributed by atoms with van der Waals surface area (Å²) < 4.78 is 12.9. The van der Waals surface area contributed by atoms with Gasteiger partial charge in [0.2, 0.25) is 5.91 Å². The SMILES string of the molecule is C[C@H](Oc1cc(-c2ccc(N3CCN(C(=O)OC(C)(C)C)CC3)cc2)cc2ncsc12)[C@@H]1CNC(=O)C1. The zero-order valence-electron chi connectivity index (χ0n) is 21.8. The second-order valence-electron chi connectivity index (χ2n) is 10.8. The van der Waals surface area contributed by atoms with Gasteiger partial charge in [0.25, 0.3) is 0 Å². The summed E-state index contributed by atoms with van der Waals surface area (Å²) >= 11 is 1.57. The van der Waals surface area contributed by atoms with E-state index in [9.17, 15) is 9.59 Å².